The van der Waals surface area contributed by atoms with Gasteiger partial charge in [-0.05, 0) is 12.8 Å². The van der Waals surface area contributed by atoms with Gasteiger partial charge >= 0.3 is 12.1 Å². The fourth-order valence-electron chi connectivity index (χ4n) is 1.75. The van der Waals surface area contributed by atoms with Gasteiger partial charge in [0.05, 0.1) is 6.61 Å². The molecule has 1 heterocycles. The van der Waals surface area contributed by atoms with Gasteiger partial charge in [-0.3, -0.25) is 4.79 Å². The van der Waals surface area contributed by atoms with Gasteiger partial charge in [-0.25, -0.2) is 4.79 Å². The predicted octanol–water partition coefficient (Wildman–Crippen LogP) is 1.72. The average molecular weight is 229 g/mol. The molecular weight excluding hydrogens is 210 g/mol. The number of carboxylic acids is 1. The zero-order chi connectivity index (χ0) is 12.0. The first-order valence-corrected chi connectivity index (χ1v) is 5.77. The number of cyclic esters (lactones) is 1. The van der Waals surface area contributed by atoms with E-state index in [0.29, 0.717) is 26.1 Å². The summed E-state index contributed by atoms with van der Waals surface area (Å²) in [5, 5.41) is 8.58. The summed E-state index contributed by atoms with van der Waals surface area (Å²) in [6.45, 7) is 3.76. The van der Waals surface area contributed by atoms with Gasteiger partial charge < -0.3 is 14.7 Å². The number of amides is 1. The van der Waals surface area contributed by atoms with Gasteiger partial charge in [0.2, 0.25) is 0 Å². The molecule has 1 fully saturated rings. The van der Waals surface area contributed by atoms with E-state index in [1.54, 1.807) is 4.90 Å². The molecule has 1 N–H and O–H groups in total. The quantitative estimate of drug-likeness (QED) is 0.753. The maximum atomic E-state index is 11.4. The number of ether oxygens (including phenoxy) is 1. The zero-order valence-corrected chi connectivity index (χ0v) is 9.65. The molecule has 5 heteroatoms. The molecule has 1 unspecified atom stereocenters. The van der Waals surface area contributed by atoms with Crippen LogP contribution >= 0.6 is 0 Å². The van der Waals surface area contributed by atoms with E-state index >= 15 is 0 Å². The Morgan fingerprint density at radius 3 is 3.00 bits per heavy atom. The van der Waals surface area contributed by atoms with Crippen molar-refractivity contribution < 1.29 is 19.4 Å². The lowest BCUT2D eigenvalue weighted by molar-refractivity contribution is -0.137. The standard InChI is InChI=1S/C11H19NO4/c1-2-3-6-12-7-9(4-5-10(13)14)8-16-11(12)15/h9H,2-8H2,1H3,(H,13,14). The summed E-state index contributed by atoms with van der Waals surface area (Å²) in [7, 11) is 0. The molecule has 1 aliphatic heterocycles. The number of unbranched alkanes of at least 4 members (excludes halogenated alkanes) is 1. The number of hydrogen-bond donors (Lipinski definition) is 1. The lowest BCUT2D eigenvalue weighted by Crippen LogP contribution is -2.43. The number of nitrogens with zero attached hydrogens (tertiary/aromatic N) is 1. The Morgan fingerprint density at radius 2 is 2.38 bits per heavy atom. The van der Waals surface area contributed by atoms with Gasteiger partial charge in [0, 0.05) is 25.4 Å². The topological polar surface area (TPSA) is 66.8 Å². The van der Waals surface area contributed by atoms with Crippen LogP contribution in [0.2, 0.25) is 0 Å². The number of carbonyl (C=O) groups excluding carboxylic acids is 1. The molecule has 0 bridgehead atoms. The molecule has 0 aromatic heterocycles. The molecule has 1 atom stereocenters. The van der Waals surface area contributed by atoms with E-state index in [0.717, 1.165) is 12.8 Å². The maximum Gasteiger partial charge on any atom is 0.409 e. The minimum absolute atomic E-state index is 0.143. The summed E-state index contributed by atoms with van der Waals surface area (Å²) in [5.41, 5.74) is 0. The van der Waals surface area contributed by atoms with Crippen LogP contribution in [0.3, 0.4) is 0 Å². The van der Waals surface area contributed by atoms with Crippen LogP contribution in [0.5, 0.6) is 0 Å². The maximum absolute atomic E-state index is 11.4. The number of carboxylic acid groups (broad SMARTS) is 1. The van der Waals surface area contributed by atoms with E-state index in [-0.39, 0.29) is 18.4 Å². The second kappa shape index (κ2) is 6.35. The van der Waals surface area contributed by atoms with E-state index in [9.17, 15) is 9.59 Å². The molecule has 92 valence electrons. The summed E-state index contributed by atoms with van der Waals surface area (Å²) < 4.78 is 5.03. The highest BCUT2D eigenvalue weighted by molar-refractivity contribution is 5.68. The van der Waals surface area contributed by atoms with Gasteiger partial charge in [-0.15, -0.1) is 0 Å². The molecule has 0 aromatic rings. The van der Waals surface area contributed by atoms with Crippen LogP contribution in [0.4, 0.5) is 4.79 Å². The number of aliphatic carboxylic acids is 1. The third-order valence-electron chi connectivity index (χ3n) is 2.73. The minimum Gasteiger partial charge on any atom is -0.481 e. The van der Waals surface area contributed by atoms with Gasteiger partial charge in [0.1, 0.15) is 0 Å². The number of hydrogen-bond acceptors (Lipinski definition) is 3. The Hall–Kier alpha value is -1.26. The van der Waals surface area contributed by atoms with E-state index in [2.05, 4.69) is 6.92 Å². The second-order valence-corrected chi connectivity index (χ2v) is 4.17. The Balaban J connectivity index is 2.34. The predicted molar refractivity (Wildman–Crippen MR) is 58.2 cm³/mol. The molecule has 0 spiro atoms. The summed E-state index contributed by atoms with van der Waals surface area (Å²) in [4.78, 5) is 23.5. The fraction of sp³-hybridized carbons (Fsp3) is 0.818. The van der Waals surface area contributed by atoms with Crippen molar-refractivity contribution in [2.24, 2.45) is 5.92 Å². The van der Waals surface area contributed by atoms with Crippen LogP contribution in [-0.4, -0.2) is 41.8 Å². The van der Waals surface area contributed by atoms with E-state index in [1.165, 1.54) is 0 Å². The Bertz CT molecular complexity index is 254. The summed E-state index contributed by atoms with van der Waals surface area (Å²) >= 11 is 0. The first-order valence-electron chi connectivity index (χ1n) is 5.77. The Labute approximate surface area is 95.4 Å². The van der Waals surface area contributed by atoms with Crippen molar-refractivity contribution in [3.05, 3.63) is 0 Å². The van der Waals surface area contributed by atoms with Crippen LogP contribution in [0.15, 0.2) is 0 Å². The van der Waals surface area contributed by atoms with Gasteiger partial charge in [-0.2, -0.15) is 0 Å². The average Bonchev–Trinajstić information content (AvgIpc) is 2.26. The van der Waals surface area contributed by atoms with Crippen LogP contribution in [0, 0.1) is 5.92 Å². The van der Waals surface area contributed by atoms with Crippen molar-refractivity contribution in [3.63, 3.8) is 0 Å². The van der Waals surface area contributed by atoms with Crippen molar-refractivity contribution in [3.8, 4) is 0 Å². The molecule has 0 aliphatic carbocycles. The lowest BCUT2D eigenvalue weighted by atomic mass is 10.0. The zero-order valence-electron chi connectivity index (χ0n) is 9.65. The van der Waals surface area contributed by atoms with Crippen molar-refractivity contribution in [1.82, 2.24) is 4.90 Å². The normalized spacial score (nSPS) is 20.7. The molecule has 1 aliphatic rings. The minimum atomic E-state index is -0.794. The Kier molecular flexibility index (Phi) is 5.08. The smallest absolute Gasteiger partial charge is 0.409 e. The van der Waals surface area contributed by atoms with Crippen LogP contribution < -0.4 is 0 Å². The third-order valence-corrected chi connectivity index (χ3v) is 2.73. The molecule has 5 nitrogen and oxygen atoms in total. The van der Waals surface area contributed by atoms with Crippen LogP contribution in [0.25, 0.3) is 0 Å². The summed E-state index contributed by atoms with van der Waals surface area (Å²) in [6.07, 6.45) is 2.44. The van der Waals surface area contributed by atoms with Gasteiger partial charge in [-0.1, -0.05) is 13.3 Å². The van der Waals surface area contributed by atoms with Crippen molar-refractivity contribution >= 4 is 12.1 Å². The molecule has 0 aromatic carbocycles. The molecule has 16 heavy (non-hydrogen) atoms. The van der Waals surface area contributed by atoms with Crippen molar-refractivity contribution in [2.45, 2.75) is 32.6 Å². The molecule has 0 saturated carbocycles. The van der Waals surface area contributed by atoms with Crippen LogP contribution in [-0.2, 0) is 9.53 Å². The molecular formula is C11H19NO4. The molecule has 0 radical (unpaired) electrons. The fourth-order valence-corrected chi connectivity index (χ4v) is 1.75. The number of carbonyl (C=O) groups is 2. The monoisotopic (exact) mass is 229 g/mol. The third kappa shape index (κ3) is 4.08. The highest BCUT2D eigenvalue weighted by Crippen LogP contribution is 2.16. The van der Waals surface area contributed by atoms with E-state index in [1.807, 2.05) is 0 Å². The number of rotatable bonds is 6. The highest BCUT2D eigenvalue weighted by Gasteiger charge is 2.26. The largest absolute Gasteiger partial charge is 0.481 e. The Morgan fingerprint density at radius 1 is 1.62 bits per heavy atom. The molecule has 1 amide bonds. The van der Waals surface area contributed by atoms with Crippen molar-refractivity contribution in [2.75, 3.05) is 19.7 Å². The van der Waals surface area contributed by atoms with Gasteiger partial charge in [0.15, 0.2) is 0 Å². The SMILES string of the molecule is CCCCN1CC(CCC(=O)O)COC1=O. The molecule has 1 saturated heterocycles. The summed E-state index contributed by atoms with van der Waals surface area (Å²) in [6, 6.07) is 0. The van der Waals surface area contributed by atoms with E-state index in [4.69, 9.17) is 9.84 Å². The lowest BCUT2D eigenvalue weighted by Gasteiger charge is -2.31. The molecule has 1 rings (SSSR count). The summed E-state index contributed by atoms with van der Waals surface area (Å²) in [5.74, 6) is -0.636. The first-order chi connectivity index (χ1) is 7.63. The van der Waals surface area contributed by atoms with Crippen molar-refractivity contribution in [1.29, 1.82) is 0 Å². The van der Waals surface area contributed by atoms with Crippen LogP contribution in [0.1, 0.15) is 32.6 Å². The highest BCUT2D eigenvalue weighted by atomic mass is 16.6. The second-order valence-electron chi connectivity index (χ2n) is 4.17. The van der Waals surface area contributed by atoms with Gasteiger partial charge in [0.25, 0.3) is 0 Å². The van der Waals surface area contributed by atoms with E-state index < -0.39 is 5.97 Å². The first kappa shape index (κ1) is 12.8.